The normalized spacial score (nSPS) is 15.5. The van der Waals surface area contributed by atoms with Gasteiger partial charge >= 0.3 is 29.6 Å². The topological polar surface area (TPSA) is 49.4 Å². The maximum atomic E-state index is 10.1. The average molecular weight is 257 g/mol. The van der Waals surface area contributed by atoms with Crippen molar-refractivity contribution in [2.45, 2.75) is 29.7 Å². The van der Waals surface area contributed by atoms with Crippen LogP contribution in [-0.4, -0.2) is 15.5 Å². The van der Waals surface area contributed by atoms with Crippen LogP contribution in [0.3, 0.4) is 0 Å². The molecule has 0 rings (SSSR count). The second kappa shape index (κ2) is 5.89. The first-order chi connectivity index (χ1) is 5.23. The van der Waals surface area contributed by atoms with E-state index in [9.17, 15) is 9.90 Å². The summed E-state index contributed by atoms with van der Waals surface area (Å²) in [5.74, 6) is 0. The first-order valence-electron chi connectivity index (χ1n) is 3.19. The van der Waals surface area contributed by atoms with Crippen molar-refractivity contribution in [3.63, 3.8) is 0 Å². The van der Waals surface area contributed by atoms with Crippen molar-refractivity contribution in [2.24, 2.45) is 0 Å². The first kappa shape index (κ1) is 16.6. The molecule has 0 saturated carbocycles. The Morgan fingerprint density at radius 2 is 1.85 bits per heavy atom. The van der Waals surface area contributed by atoms with Crippen LogP contribution in [0.25, 0.3) is 0 Å². The Hall–Kier alpha value is 1.14. The number of carbonyl (C=O) groups excluding carboxylic acids is 1. The van der Waals surface area contributed by atoms with E-state index in [1.165, 1.54) is 6.92 Å². The van der Waals surface area contributed by atoms with E-state index in [4.69, 9.17) is 34.8 Å². The third kappa shape index (κ3) is 4.96. The van der Waals surface area contributed by atoms with Gasteiger partial charge in [0.05, 0.1) is 5.60 Å². The Bertz CT molecular complexity index is 182. The number of alkyl halides is 3. The van der Waals surface area contributed by atoms with Crippen molar-refractivity contribution >= 4 is 41.0 Å². The zero-order chi connectivity index (χ0) is 9.99. The second-order valence-corrected chi connectivity index (χ2v) is 4.72. The van der Waals surface area contributed by atoms with Crippen LogP contribution in [-0.2, 0) is 4.74 Å². The van der Waals surface area contributed by atoms with Crippen LogP contribution in [0.4, 0.5) is 4.79 Å². The molecule has 0 N–H and O–H groups in total. The van der Waals surface area contributed by atoms with Crippen molar-refractivity contribution in [3.8, 4) is 0 Å². The molecule has 7 heteroatoms. The second-order valence-electron chi connectivity index (χ2n) is 2.43. The van der Waals surface area contributed by atoms with E-state index >= 15 is 0 Å². The Labute approximate surface area is 114 Å². The number of hydrogen-bond donors (Lipinski definition) is 0. The average Bonchev–Trinajstić information content (AvgIpc) is 1.83. The van der Waals surface area contributed by atoms with Crippen LogP contribution < -0.4 is 34.7 Å². The first-order valence-corrected chi connectivity index (χ1v) is 4.33. The number of carboxylic acid groups (broad SMARTS) is 1. The van der Waals surface area contributed by atoms with Gasteiger partial charge in [0.25, 0.3) is 6.16 Å². The molecule has 0 fully saturated rings. The minimum Gasteiger partial charge on any atom is -0.539 e. The predicted octanol–water partition coefficient (Wildman–Crippen LogP) is -1.11. The molecule has 0 amide bonds. The zero-order valence-corrected chi connectivity index (χ0v) is 11.8. The van der Waals surface area contributed by atoms with Crippen LogP contribution in [0.1, 0.15) is 20.3 Å². The van der Waals surface area contributed by atoms with Gasteiger partial charge in [-0.1, -0.05) is 41.7 Å². The molecule has 3 nitrogen and oxygen atoms in total. The van der Waals surface area contributed by atoms with E-state index in [1.807, 2.05) is 0 Å². The monoisotopic (exact) mass is 256 g/mol. The minimum absolute atomic E-state index is 0. The summed E-state index contributed by atoms with van der Waals surface area (Å²) < 4.78 is 2.57. The standard InChI is InChI=1S/C6H9Cl3O3.Na/c1-3-5(2,6(7,8)9)12-4(10)11;/h3H2,1-2H3,(H,10,11);/q;+1/p-1. The SMILES string of the molecule is CCC(C)(OC(=O)[O-])C(Cl)(Cl)Cl.[Na+]. The molecule has 0 aliphatic heterocycles. The molecule has 1 unspecified atom stereocenters. The van der Waals surface area contributed by atoms with Crippen LogP contribution in [0.5, 0.6) is 0 Å². The van der Waals surface area contributed by atoms with Crippen molar-refractivity contribution in [2.75, 3.05) is 0 Å². The van der Waals surface area contributed by atoms with Gasteiger partial charge in [-0.05, 0) is 13.3 Å². The van der Waals surface area contributed by atoms with E-state index in [-0.39, 0.29) is 36.0 Å². The van der Waals surface area contributed by atoms with Gasteiger partial charge in [-0.15, -0.1) is 0 Å². The molecule has 0 aliphatic rings. The van der Waals surface area contributed by atoms with E-state index in [1.54, 1.807) is 6.92 Å². The summed E-state index contributed by atoms with van der Waals surface area (Å²) >= 11 is 16.5. The Morgan fingerprint density at radius 3 is 1.92 bits per heavy atom. The van der Waals surface area contributed by atoms with E-state index in [2.05, 4.69) is 4.74 Å². The van der Waals surface area contributed by atoms with Crippen LogP contribution in [0.2, 0.25) is 0 Å². The van der Waals surface area contributed by atoms with E-state index < -0.39 is 15.5 Å². The molecule has 0 spiro atoms. The Balaban J connectivity index is 0. The molecule has 1 atom stereocenters. The van der Waals surface area contributed by atoms with E-state index in [0.29, 0.717) is 0 Å². The molecule has 0 bridgehead atoms. The molecule has 72 valence electrons. The molecule has 0 heterocycles. The van der Waals surface area contributed by atoms with Gasteiger partial charge in [-0.3, -0.25) is 0 Å². The maximum absolute atomic E-state index is 10.1. The summed E-state index contributed by atoms with van der Waals surface area (Å²) in [6.45, 7) is 3.03. The summed E-state index contributed by atoms with van der Waals surface area (Å²) in [6, 6.07) is 0. The molecule has 0 aromatic rings. The van der Waals surface area contributed by atoms with Crippen molar-refractivity contribution in [1.29, 1.82) is 0 Å². The largest absolute Gasteiger partial charge is 1.00 e. The fourth-order valence-corrected chi connectivity index (χ4v) is 1.03. The molecule has 0 radical (unpaired) electrons. The smallest absolute Gasteiger partial charge is 0.539 e. The molecule has 0 saturated heterocycles. The number of rotatable bonds is 2. The summed E-state index contributed by atoms with van der Waals surface area (Å²) in [4.78, 5) is 10.1. The summed E-state index contributed by atoms with van der Waals surface area (Å²) in [5.41, 5.74) is -1.36. The van der Waals surface area contributed by atoms with Crippen LogP contribution in [0.15, 0.2) is 0 Å². The number of ether oxygens (including phenoxy) is 1. The Morgan fingerprint density at radius 1 is 1.46 bits per heavy atom. The fourth-order valence-electron chi connectivity index (χ4n) is 0.514. The third-order valence-corrected chi connectivity index (χ3v) is 2.78. The molecule has 0 aromatic carbocycles. The van der Waals surface area contributed by atoms with Gasteiger partial charge in [-0.25, -0.2) is 0 Å². The fraction of sp³-hybridized carbons (Fsp3) is 0.833. The van der Waals surface area contributed by atoms with Gasteiger partial charge in [0.1, 0.15) is 0 Å². The van der Waals surface area contributed by atoms with Crippen molar-refractivity contribution < 1.29 is 44.2 Å². The predicted molar refractivity (Wildman–Crippen MR) is 45.5 cm³/mol. The molecular weight excluding hydrogens is 249 g/mol. The summed E-state index contributed by atoms with van der Waals surface area (Å²) in [7, 11) is 0. The van der Waals surface area contributed by atoms with Crippen LogP contribution >= 0.6 is 34.8 Å². The molecule has 0 aliphatic carbocycles. The minimum atomic E-state index is -1.79. The van der Waals surface area contributed by atoms with Crippen molar-refractivity contribution in [1.82, 2.24) is 0 Å². The number of carbonyl (C=O) groups is 1. The number of hydrogen-bond acceptors (Lipinski definition) is 3. The number of halogens is 3. The van der Waals surface area contributed by atoms with Gasteiger partial charge < -0.3 is 14.6 Å². The van der Waals surface area contributed by atoms with Gasteiger partial charge in [0.15, 0.2) is 0 Å². The Kier molecular flexibility index (Phi) is 7.50. The zero-order valence-electron chi connectivity index (χ0n) is 7.57. The quantitative estimate of drug-likeness (QED) is 0.358. The summed E-state index contributed by atoms with van der Waals surface area (Å²) in [5, 5.41) is 10.1. The van der Waals surface area contributed by atoms with Gasteiger partial charge in [0, 0.05) is 0 Å². The van der Waals surface area contributed by atoms with E-state index in [0.717, 1.165) is 0 Å². The van der Waals surface area contributed by atoms with Crippen molar-refractivity contribution in [3.05, 3.63) is 0 Å². The summed E-state index contributed by atoms with van der Waals surface area (Å²) in [6.07, 6.45) is -1.46. The third-order valence-electron chi connectivity index (χ3n) is 1.58. The van der Waals surface area contributed by atoms with Crippen LogP contribution in [0, 0.1) is 0 Å². The maximum Gasteiger partial charge on any atom is 1.00 e. The van der Waals surface area contributed by atoms with Gasteiger partial charge in [-0.2, -0.15) is 0 Å². The van der Waals surface area contributed by atoms with Gasteiger partial charge in [0.2, 0.25) is 3.79 Å². The molecule has 13 heavy (non-hydrogen) atoms. The molecular formula is C6H8Cl3NaO3. The molecule has 0 aromatic heterocycles.